The molecule has 6 N–H and O–H groups in total. The molecule has 7 atom stereocenters. The first-order valence-corrected chi connectivity index (χ1v) is 29.7. The fraction of sp³-hybridized carbons (Fsp3) is 0.790. The molecule has 0 aromatic carbocycles. The van der Waals surface area contributed by atoms with Crippen molar-refractivity contribution >= 4 is 5.91 Å². The Morgan fingerprint density at radius 2 is 0.887 bits per heavy atom. The van der Waals surface area contributed by atoms with Crippen LogP contribution in [0.3, 0.4) is 0 Å². The van der Waals surface area contributed by atoms with Crippen molar-refractivity contribution in [2.45, 2.75) is 301 Å². The number of ether oxygens (including phenoxy) is 2. The second-order valence-electron chi connectivity index (χ2n) is 20.4. The minimum atomic E-state index is -1.58. The number of allylic oxidation sites excluding steroid dienone is 11. The standard InChI is InChI=1S/C62H111NO8/c1-3-5-7-9-11-13-15-17-19-21-23-25-27-28-30-31-33-35-37-39-41-43-45-47-49-51-56(65)55(54-70-62-61(69)60(68)59(67)57(53-64)71-62)63-58(66)52-50-48-46-44-42-40-38-36-34-32-29-26-24-22-20-18-16-14-12-10-8-6-4-2/h6,8,12,14,18,20,24,26,41,43,49,51,55-57,59-62,64-65,67-69H,3-5,7,9-11,13,15-17,19,21-23,25,27-40,42,44-48,50,52-54H2,1-2H3,(H,63,66)/b8-6-,14-12-,20-18-,26-24-,43-41+,51-49+. The lowest BCUT2D eigenvalue weighted by molar-refractivity contribution is -0.302. The predicted octanol–water partition coefficient (Wildman–Crippen LogP) is 14.8. The van der Waals surface area contributed by atoms with Gasteiger partial charge in [0.25, 0.3) is 0 Å². The largest absolute Gasteiger partial charge is 0.394 e. The SMILES string of the molecule is CC/C=C\C/C=C\C/C=C\C/C=C\CCCCCCCCCCCCC(=O)NC(COC1OC(CO)C(O)C(O)C1O)C(O)/C=C/CC/C=C/CCCCCCCCCCCCCCCCCCCCC. The molecule has 0 aromatic rings. The van der Waals surface area contributed by atoms with E-state index in [9.17, 15) is 30.3 Å². The third-order valence-electron chi connectivity index (χ3n) is 13.8. The maximum Gasteiger partial charge on any atom is 0.220 e. The van der Waals surface area contributed by atoms with E-state index < -0.39 is 49.5 Å². The van der Waals surface area contributed by atoms with Gasteiger partial charge in [0, 0.05) is 6.42 Å². The zero-order chi connectivity index (χ0) is 51.5. The molecule has 1 amide bonds. The summed E-state index contributed by atoms with van der Waals surface area (Å²) < 4.78 is 11.3. The number of carbonyl (C=O) groups excluding carboxylic acids is 1. The van der Waals surface area contributed by atoms with Crippen molar-refractivity contribution in [3.05, 3.63) is 72.9 Å². The summed E-state index contributed by atoms with van der Waals surface area (Å²) in [7, 11) is 0. The zero-order valence-corrected chi connectivity index (χ0v) is 45.7. The Morgan fingerprint density at radius 3 is 1.35 bits per heavy atom. The summed E-state index contributed by atoms with van der Waals surface area (Å²) in [5, 5.41) is 54.5. The first kappa shape index (κ1) is 66.6. The van der Waals surface area contributed by atoms with E-state index in [0.717, 1.165) is 77.0 Å². The van der Waals surface area contributed by atoms with Gasteiger partial charge >= 0.3 is 0 Å². The van der Waals surface area contributed by atoms with Crippen LogP contribution >= 0.6 is 0 Å². The summed E-state index contributed by atoms with van der Waals surface area (Å²) in [5.41, 5.74) is 0. The summed E-state index contributed by atoms with van der Waals surface area (Å²) in [6, 6.07) is -0.829. The Labute approximate surface area is 436 Å². The second-order valence-corrected chi connectivity index (χ2v) is 20.4. The quantitative estimate of drug-likeness (QED) is 0.0261. The summed E-state index contributed by atoms with van der Waals surface area (Å²) in [4.78, 5) is 13.1. The highest BCUT2D eigenvalue weighted by Gasteiger charge is 2.44. The molecule has 71 heavy (non-hydrogen) atoms. The van der Waals surface area contributed by atoms with Crippen molar-refractivity contribution in [1.29, 1.82) is 0 Å². The molecule has 1 heterocycles. The van der Waals surface area contributed by atoms with E-state index in [4.69, 9.17) is 9.47 Å². The molecule has 7 unspecified atom stereocenters. The van der Waals surface area contributed by atoms with Gasteiger partial charge in [-0.15, -0.1) is 0 Å². The van der Waals surface area contributed by atoms with Crippen LogP contribution in [0.1, 0.15) is 258 Å². The number of nitrogens with one attached hydrogen (secondary N) is 1. The average molecular weight is 999 g/mol. The van der Waals surface area contributed by atoms with Crippen LogP contribution in [0, 0.1) is 0 Å². The van der Waals surface area contributed by atoms with Gasteiger partial charge in [-0.1, -0.05) is 254 Å². The first-order valence-electron chi connectivity index (χ1n) is 29.7. The maximum absolute atomic E-state index is 13.1. The highest BCUT2D eigenvalue weighted by molar-refractivity contribution is 5.76. The number of carbonyl (C=O) groups is 1. The van der Waals surface area contributed by atoms with E-state index in [1.165, 1.54) is 161 Å². The van der Waals surface area contributed by atoms with Gasteiger partial charge in [0.05, 0.1) is 25.4 Å². The lowest BCUT2D eigenvalue weighted by Gasteiger charge is -2.40. The molecule has 1 aliphatic heterocycles. The molecule has 0 radical (unpaired) electrons. The van der Waals surface area contributed by atoms with Crippen LogP contribution in [0.4, 0.5) is 0 Å². The van der Waals surface area contributed by atoms with Crippen molar-refractivity contribution in [2.75, 3.05) is 13.2 Å². The minimum absolute atomic E-state index is 0.192. The van der Waals surface area contributed by atoms with Crippen LogP contribution in [0.25, 0.3) is 0 Å². The molecule has 0 aromatic heterocycles. The molecule has 9 heteroatoms. The van der Waals surface area contributed by atoms with E-state index in [2.05, 4.69) is 79.9 Å². The summed E-state index contributed by atoms with van der Waals surface area (Å²) in [5.74, 6) is -0.192. The van der Waals surface area contributed by atoms with Crippen molar-refractivity contribution in [3.63, 3.8) is 0 Å². The molecule has 0 bridgehead atoms. The van der Waals surface area contributed by atoms with Crippen molar-refractivity contribution in [2.24, 2.45) is 0 Å². The fourth-order valence-electron chi connectivity index (χ4n) is 9.11. The van der Waals surface area contributed by atoms with E-state index >= 15 is 0 Å². The van der Waals surface area contributed by atoms with Crippen LogP contribution in [-0.2, 0) is 14.3 Å². The van der Waals surface area contributed by atoms with Gasteiger partial charge in [0.15, 0.2) is 6.29 Å². The Hall–Kier alpha value is -2.37. The topological polar surface area (TPSA) is 149 Å². The van der Waals surface area contributed by atoms with Crippen LogP contribution < -0.4 is 5.32 Å². The van der Waals surface area contributed by atoms with E-state index in [0.29, 0.717) is 6.42 Å². The van der Waals surface area contributed by atoms with Gasteiger partial charge in [-0.25, -0.2) is 0 Å². The summed E-state index contributed by atoms with van der Waals surface area (Å²) in [6.07, 6.45) is 64.0. The van der Waals surface area contributed by atoms with Crippen LogP contribution in [-0.4, -0.2) is 87.5 Å². The number of unbranched alkanes of at least 4 members (excludes halogenated alkanes) is 30. The van der Waals surface area contributed by atoms with E-state index in [-0.39, 0.29) is 12.5 Å². The molecule has 9 nitrogen and oxygen atoms in total. The highest BCUT2D eigenvalue weighted by atomic mass is 16.7. The fourth-order valence-corrected chi connectivity index (χ4v) is 9.11. The van der Waals surface area contributed by atoms with Crippen LogP contribution in [0.2, 0.25) is 0 Å². The Kier molecular flexibility index (Phi) is 48.0. The third kappa shape index (κ3) is 40.7. The summed E-state index contributed by atoms with van der Waals surface area (Å²) >= 11 is 0. The van der Waals surface area contributed by atoms with Crippen molar-refractivity contribution < 1.29 is 39.8 Å². The van der Waals surface area contributed by atoms with E-state index in [1.54, 1.807) is 6.08 Å². The molecule has 0 spiro atoms. The van der Waals surface area contributed by atoms with Gasteiger partial charge in [-0.2, -0.15) is 0 Å². The molecule has 1 rings (SSSR count). The average Bonchev–Trinajstić information content (AvgIpc) is 3.37. The number of amides is 1. The van der Waals surface area contributed by atoms with Crippen LogP contribution in [0.15, 0.2) is 72.9 Å². The lowest BCUT2D eigenvalue weighted by Crippen LogP contribution is -2.60. The molecule has 0 saturated carbocycles. The van der Waals surface area contributed by atoms with Gasteiger partial charge in [-0.05, 0) is 70.6 Å². The van der Waals surface area contributed by atoms with Crippen molar-refractivity contribution in [1.82, 2.24) is 5.32 Å². The minimum Gasteiger partial charge on any atom is -0.394 e. The molecule has 1 aliphatic rings. The number of aliphatic hydroxyl groups excluding tert-OH is 5. The third-order valence-corrected chi connectivity index (χ3v) is 13.8. The normalized spacial score (nSPS) is 19.8. The Morgan fingerprint density at radius 1 is 0.493 bits per heavy atom. The lowest BCUT2D eigenvalue weighted by atomic mass is 9.99. The van der Waals surface area contributed by atoms with Crippen LogP contribution in [0.5, 0.6) is 0 Å². The molecule has 1 saturated heterocycles. The predicted molar refractivity (Wildman–Crippen MR) is 299 cm³/mol. The van der Waals surface area contributed by atoms with Gasteiger partial charge < -0.3 is 40.3 Å². The summed E-state index contributed by atoms with van der Waals surface area (Å²) in [6.45, 7) is 3.67. The molecular weight excluding hydrogens is 887 g/mol. The Balaban J connectivity index is 2.25. The molecular formula is C62H111NO8. The first-order chi connectivity index (χ1) is 34.8. The van der Waals surface area contributed by atoms with Gasteiger partial charge in [0.1, 0.15) is 24.4 Å². The molecule has 1 fully saturated rings. The smallest absolute Gasteiger partial charge is 0.220 e. The van der Waals surface area contributed by atoms with Crippen molar-refractivity contribution in [3.8, 4) is 0 Å². The number of hydrogen-bond acceptors (Lipinski definition) is 8. The maximum atomic E-state index is 13.1. The molecule has 412 valence electrons. The second kappa shape index (κ2) is 51.1. The highest BCUT2D eigenvalue weighted by Crippen LogP contribution is 2.23. The number of rotatable bonds is 50. The Bertz CT molecular complexity index is 1340. The molecule has 0 aliphatic carbocycles. The monoisotopic (exact) mass is 998 g/mol. The number of hydrogen-bond donors (Lipinski definition) is 6. The van der Waals surface area contributed by atoms with E-state index in [1.807, 2.05) is 6.08 Å². The van der Waals surface area contributed by atoms with Gasteiger partial charge in [-0.3, -0.25) is 4.79 Å². The van der Waals surface area contributed by atoms with Gasteiger partial charge in [0.2, 0.25) is 5.91 Å². The number of aliphatic hydroxyl groups is 5. The zero-order valence-electron chi connectivity index (χ0n) is 45.7.